The number of aromatic amines is 1. The molecule has 3 aromatic rings. The fourth-order valence-electron chi connectivity index (χ4n) is 4.83. The van der Waals surface area contributed by atoms with Crippen LogP contribution in [0, 0.1) is 18.3 Å². The summed E-state index contributed by atoms with van der Waals surface area (Å²) < 4.78 is 1.98. The first-order valence-electron chi connectivity index (χ1n) is 10.2. The van der Waals surface area contributed by atoms with Gasteiger partial charge in [0.1, 0.15) is 5.82 Å². The molecule has 5 rings (SSSR count). The third-order valence-corrected chi connectivity index (χ3v) is 6.04. The van der Waals surface area contributed by atoms with Crippen LogP contribution in [0.2, 0.25) is 0 Å². The first-order chi connectivity index (χ1) is 14.2. The summed E-state index contributed by atoms with van der Waals surface area (Å²) in [5.74, 6) is 2.24. The third kappa shape index (κ3) is 3.51. The van der Waals surface area contributed by atoms with E-state index in [-0.39, 0.29) is 0 Å². The zero-order chi connectivity index (χ0) is 19.8. The Labute approximate surface area is 169 Å². The Morgan fingerprint density at radius 1 is 1.28 bits per heavy atom. The minimum atomic E-state index is 0.389. The van der Waals surface area contributed by atoms with Crippen molar-refractivity contribution in [2.75, 3.05) is 17.2 Å². The van der Waals surface area contributed by atoms with E-state index in [0.29, 0.717) is 30.4 Å². The van der Waals surface area contributed by atoms with Crippen LogP contribution in [0.1, 0.15) is 37.8 Å². The van der Waals surface area contributed by atoms with Gasteiger partial charge in [0, 0.05) is 55.2 Å². The molecule has 29 heavy (non-hydrogen) atoms. The molecule has 9 nitrogen and oxygen atoms in total. The van der Waals surface area contributed by atoms with E-state index in [0.717, 1.165) is 42.4 Å². The lowest BCUT2D eigenvalue weighted by atomic mass is 9.97. The molecule has 0 aromatic carbocycles. The van der Waals surface area contributed by atoms with Crippen molar-refractivity contribution in [2.24, 2.45) is 0 Å². The van der Waals surface area contributed by atoms with Crippen molar-refractivity contribution in [3.8, 4) is 6.07 Å². The van der Waals surface area contributed by atoms with Crippen LogP contribution in [0.5, 0.6) is 0 Å². The lowest BCUT2D eigenvalue weighted by molar-refractivity contribution is 0.135. The summed E-state index contributed by atoms with van der Waals surface area (Å²) in [6.07, 6.45) is 11.0. The molecule has 2 aliphatic rings. The van der Waals surface area contributed by atoms with Gasteiger partial charge in [0.05, 0.1) is 12.3 Å². The standard InChI is InChI=1S/C20H25N9/c1-13-9-17(27-26-13)24-19-20-22-6-8-28(20)12-18(25-19)23-14-10-15-3-4-16(11-14)29(15)7-2-5-21/h6,8-9,12,14-16,23H,2-4,7,10-11H2,1H3,(H2,24,25,26,27)/t14?,15-,16+. The molecule has 0 spiro atoms. The van der Waals surface area contributed by atoms with Crippen LogP contribution in [-0.4, -0.2) is 54.1 Å². The van der Waals surface area contributed by atoms with Crippen molar-refractivity contribution >= 4 is 23.1 Å². The van der Waals surface area contributed by atoms with Crippen LogP contribution in [-0.2, 0) is 0 Å². The Morgan fingerprint density at radius 3 is 2.83 bits per heavy atom. The molecule has 5 heterocycles. The molecule has 1 unspecified atom stereocenters. The quantitative estimate of drug-likeness (QED) is 0.593. The summed E-state index contributed by atoms with van der Waals surface area (Å²) in [5.41, 5.74) is 1.75. The van der Waals surface area contributed by atoms with E-state index < -0.39 is 0 Å². The van der Waals surface area contributed by atoms with Gasteiger partial charge in [-0.05, 0) is 32.6 Å². The first-order valence-corrected chi connectivity index (χ1v) is 10.2. The number of hydrogen-bond donors (Lipinski definition) is 3. The molecule has 150 valence electrons. The number of nitrogens with one attached hydrogen (secondary N) is 3. The van der Waals surface area contributed by atoms with Crippen molar-refractivity contribution in [1.82, 2.24) is 29.5 Å². The summed E-state index contributed by atoms with van der Waals surface area (Å²) in [5, 5.41) is 23.0. The number of H-pyrrole nitrogens is 1. The molecule has 2 bridgehead atoms. The number of rotatable bonds is 6. The highest BCUT2D eigenvalue weighted by Crippen LogP contribution is 2.36. The Kier molecular flexibility index (Phi) is 4.56. The van der Waals surface area contributed by atoms with Gasteiger partial charge in [0.25, 0.3) is 0 Å². The highest BCUT2D eigenvalue weighted by atomic mass is 15.2. The maximum Gasteiger partial charge on any atom is 0.180 e. The van der Waals surface area contributed by atoms with Gasteiger partial charge in [-0.25, -0.2) is 9.97 Å². The predicted octanol–water partition coefficient (Wildman–Crippen LogP) is 2.83. The van der Waals surface area contributed by atoms with E-state index in [1.165, 1.54) is 12.8 Å². The van der Waals surface area contributed by atoms with Crippen molar-refractivity contribution in [1.29, 1.82) is 5.26 Å². The second kappa shape index (κ2) is 7.37. The summed E-state index contributed by atoms with van der Waals surface area (Å²) in [6, 6.07) is 5.76. The molecular weight excluding hydrogens is 366 g/mol. The molecule has 0 radical (unpaired) electrons. The third-order valence-electron chi connectivity index (χ3n) is 6.04. The van der Waals surface area contributed by atoms with Crippen molar-refractivity contribution in [3.05, 3.63) is 30.4 Å². The second-order valence-corrected chi connectivity index (χ2v) is 8.04. The molecule has 0 amide bonds. The van der Waals surface area contributed by atoms with Crippen LogP contribution in [0.4, 0.5) is 17.5 Å². The maximum absolute atomic E-state index is 8.92. The molecule has 3 aromatic heterocycles. The van der Waals surface area contributed by atoms with Gasteiger partial charge in [-0.15, -0.1) is 0 Å². The van der Waals surface area contributed by atoms with E-state index in [2.05, 4.69) is 36.8 Å². The van der Waals surface area contributed by atoms with Gasteiger partial charge in [-0.2, -0.15) is 10.4 Å². The van der Waals surface area contributed by atoms with E-state index in [9.17, 15) is 0 Å². The number of anilines is 3. The average molecular weight is 391 g/mol. The largest absolute Gasteiger partial charge is 0.366 e. The number of fused-ring (bicyclic) bond motifs is 3. The van der Waals surface area contributed by atoms with Gasteiger partial charge in [0.15, 0.2) is 17.3 Å². The molecule has 3 N–H and O–H groups in total. The fourth-order valence-corrected chi connectivity index (χ4v) is 4.83. The smallest absolute Gasteiger partial charge is 0.180 e. The molecule has 0 saturated carbocycles. The summed E-state index contributed by atoms with van der Waals surface area (Å²) >= 11 is 0. The van der Waals surface area contributed by atoms with E-state index in [4.69, 9.17) is 10.2 Å². The van der Waals surface area contributed by atoms with Crippen LogP contribution < -0.4 is 10.6 Å². The number of nitriles is 1. The van der Waals surface area contributed by atoms with Gasteiger partial charge in [-0.1, -0.05) is 0 Å². The minimum Gasteiger partial charge on any atom is -0.366 e. The monoisotopic (exact) mass is 391 g/mol. The number of piperidine rings is 1. The van der Waals surface area contributed by atoms with E-state index >= 15 is 0 Å². The Bertz CT molecular complexity index is 1030. The van der Waals surface area contributed by atoms with Gasteiger partial charge in [0.2, 0.25) is 0 Å². The predicted molar refractivity (Wildman–Crippen MR) is 110 cm³/mol. The van der Waals surface area contributed by atoms with Crippen molar-refractivity contribution in [3.63, 3.8) is 0 Å². The van der Waals surface area contributed by atoms with Gasteiger partial charge < -0.3 is 15.0 Å². The van der Waals surface area contributed by atoms with Crippen LogP contribution in [0.25, 0.3) is 5.65 Å². The fraction of sp³-hybridized carbons (Fsp3) is 0.500. The number of aromatic nitrogens is 5. The molecule has 2 saturated heterocycles. The number of imidazole rings is 1. The first kappa shape index (κ1) is 17.9. The molecule has 9 heteroatoms. The normalized spacial score (nSPS) is 23.9. The van der Waals surface area contributed by atoms with E-state index in [1.54, 1.807) is 6.20 Å². The highest BCUT2D eigenvalue weighted by molar-refractivity contribution is 5.70. The minimum absolute atomic E-state index is 0.389. The molecule has 2 fully saturated rings. The SMILES string of the molecule is Cc1cc(Nc2nc(NC3C[C@H]4CC[C@@H](C3)N4CCC#N)cn3ccnc23)n[nH]1. The lowest BCUT2D eigenvalue weighted by Gasteiger charge is -2.39. The second-order valence-electron chi connectivity index (χ2n) is 8.04. The van der Waals surface area contributed by atoms with Gasteiger partial charge >= 0.3 is 0 Å². The summed E-state index contributed by atoms with van der Waals surface area (Å²) in [4.78, 5) is 11.8. The maximum atomic E-state index is 8.92. The molecule has 0 aliphatic carbocycles. The van der Waals surface area contributed by atoms with Gasteiger partial charge in [-0.3, -0.25) is 10.00 Å². The summed E-state index contributed by atoms with van der Waals surface area (Å²) in [7, 11) is 0. The molecular formula is C20H25N9. The van der Waals surface area contributed by atoms with Crippen molar-refractivity contribution in [2.45, 2.75) is 57.2 Å². The zero-order valence-corrected chi connectivity index (χ0v) is 16.5. The Hall–Kier alpha value is -3.12. The highest BCUT2D eigenvalue weighted by Gasteiger charge is 2.40. The average Bonchev–Trinajstić information content (AvgIpc) is 3.39. The number of hydrogen-bond acceptors (Lipinski definition) is 7. The van der Waals surface area contributed by atoms with E-state index in [1.807, 2.05) is 29.8 Å². The van der Waals surface area contributed by atoms with Crippen LogP contribution in [0.15, 0.2) is 24.7 Å². The number of aryl methyl sites for hydroxylation is 1. The van der Waals surface area contributed by atoms with Crippen LogP contribution >= 0.6 is 0 Å². The topological polar surface area (TPSA) is 110 Å². The Balaban J connectivity index is 1.34. The van der Waals surface area contributed by atoms with Crippen LogP contribution in [0.3, 0.4) is 0 Å². The molecule has 3 atom stereocenters. The van der Waals surface area contributed by atoms with Crippen molar-refractivity contribution < 1.29 is 0 Å². The molecule has 2 aliphatic heterocycles. The number of nitrogens with zero attached hydrogens (tertiary/aromatic N) is 6. The lowest BCUT2D eigenvalue weighted by Crippen LogP contribution is -2.47. The Morgan fingerprint density at radius 2 is 2.10 bits per heavy atom. The zero-order valence-electron chi connectivity index (χ0n) is 16.5. The summed E-state index contributed by atoms with van der Waals surface area (Å²) in [6.45, 7) is 2.86.